The molecule has 3 rings (SSSR count). The molecule has 7 nitrogen and oxygen atoms in total. The van der Waals surface area contributed by atoms with Crippen LogP contribution in [-0.2, 0) is 18.2 Å². The molecule has 1 aliphatic rings. The number of aromatic nitrogens is 4. The van der Waals surface area contributed by atoms with Gasteiger partial charge in [0.2, 0.25) is 0 Å². The Bertz CT molecular complexity index is 765. The molecule has 0 aromatic carbocycles. The second kappa shape index (κ2) is 7.43. The number of ether oxygens (including phenoxy) is 1. The van der Waals surface area contributed by atoms with Crippen LogP contribution in [0.4, 0.5) is 4.79 Å². The van der Waals surface area contributed by atoms with E-state index in [1.165, 1.54) is 0 Å². The average molecular weight is 357 g/mol. The molecule has 0 spiro atoms. The van der Waals surface area contributed by atoms with Crippen LogP contribution in [0.2, 0.25) is 0 Å². The Balaban J connectivity index is 1.64. The molecular weight excluding hydrogens is 330 g/mol. The van der Waals surface area contributed by atoms with Gasteiger partial charge in [-0.1, -0.05) is 0 Å². The molecule has 1 amide bonds. The minimum Gasteiger partial charge on any atom is -0.444 e. The summed E-state index contributed by atoms with van der Waals surface area (Å²) in [6.45, 7) is 7.14. The lowest BCUT2D eigenvalue weighted by atomic mass is 9.93. The van der Waals surface area contributed by atoms with E-state index in [-0.39, 0.29) is 6.09 Å². The highest BCUT2D eigenvalue weighted by Crippen LogP contribution is 2.23. The molecule has 0 aliphatic carbocycles. The lowest BCUT2D eigenvalue weighted by Gasteiger charge is -2.34. The second-order valence-electron chi connectivity index (χ2n) is 7.94. The summed E-state index contributed by atoms with van der Waals surface area (Å²) in [7, 11) is 1.88. The average Bonchev–Trinajstić information content (AvgIpc) is 3.00. The maximum atomic E-state index is 12.3. The molecule has 1 unspecified atom stereocenters. The molecule has 0 N–H and O–H groups in total. The maximum absolute atomic E-state index is 12.3. The lowest BCUT2D eigenvalue weighted by molar-refractivity contribution is 0.0165. The number of amides is 1. The van der Waals surface area contributed by atoms with Gasteiger partial charge < -0.3 is 9.64 Å². The first-order valence-electron chi connectivity index (χ1n) is 9.08. The van der Waals surface area contributed by atoms with Gasteiger partial charge >= 0.3 is 6.09 Å². The number of likely N-dealkylation sites (tertiary alicyclic amines) is 1. The van der Waals surface area contributed by atoms with E-state index >= 15 is 0 Å². The highest BCUT2D eigenvalue weighted by molar-refractivity contribution is 5.68. The monoisotopic (exact) mass is 357 g/mol. The number of rotatable bonds is 3. The van der Waals surface area contributed by atoms with Gasteiger partial charge in [-0.25, -0.2) is 9.78 Å². The van der Waals surface area contributed by atoms with E-state index in [9.17, 15) is 4.79 Å². The van der Waals surface area contributed by atoms with Crippen molar-refractivity contribution in [2.24, 2.45) is 13.0 Å². The van der Waals surface area contributed by atoms with Crippen LogP contribution in [-0.4, -0.2) is 49.4 Å². The first-order chi connectivity index (χ1) is 12.3. The SMILES string of the molecule is Cn1cc(-c2cncc(CC3CCCN(C(=O)OC(C)(C)C)C3)n2)cn1. The summed E-state index contributed by atoms with van der Waals surface area (Å²) in [5.74, 6) is 0.370. The zero-order valence-electron chi connectivity index (χ0n) is 16.0. The number of piperidine rings is 1. The first-order valence-corrected chi connectivity index (χ1v) is 9.08. The van der Waals surface area contributed by atoms with Crippen molar-refractivity contribution in [3.63, 3.8) is 0 Å². The summed E-state index contributed by atoms with van der Waals surface area (Å²) in [6, 6.07) is 0. The number of carbonyl (C=O) groups excluding carboxylic acids is 1. The molecule has 0 bridgehead atoms. The van der Waals surface area contributed by atoms with E-state index in [0.29, 0.717) is 12.5 Å². The van der Waals surface area contributed by atoms with Gasteiger partial charge in [0, 0.05) is 38.1 Å². The molecule has 0 saturated carbocycles. The van der Waals surface area contributed by atoms with E-state index in [4.69, 9.17) is 9.72 Å². The number of hydrogen-bond acceptors (Lipinski definition) is 5. The first kappa shape index (κ1) is 18.4. The summed E-state index contributed by atoms with van der Waals surface area (Å²) in [4.78, 5) is 23.2. The third-order valence-corrected chi connectivity index (χ3v) is 4.35. The Morgan fingerprint density at radius 1 is 1.31 bits per heavy atom. The van der Waals surface area contributed by atoms with E-state index in [1.54, 1.807) is 17.1 Å². The molecule has 1 saturated heterocycles. The predicted octanol–water partition coefficient (Wildman–Crippen LogP) is 3.07. The number of nitrogens with zero attached hydrogens (tertiary/aromatic N) is 5. The lowest BCUT2D eigenvalue weighted by Crippen LogP contribution is -2.43. The maximum Gasteiger partial charge on any atom is 0.410 e. The minimum atomic E-state index is -0.465. The summed E-state index contributed by atoms with van der Waals surface area (Å²) in [5, 5.41) is 4.19. The Hall–Kier alpha value is -2.44. The van der Waals surface area contributed by atoms with Crippen LogP contribution in [0.15, 0.2) is 24.8 Å². The molecule has 2 aromatic rings. The van der Waals surface area contributed by atoms with Gasteiger partial charge in [0.25, 0.3) is 0 Å². The van der Waals surface area contributed by atoms with Crippen molar-refractivity contribution in [2.75, 3.05) is 13.1 Å². The molecule has 2 aromatic heterocycles. The zero-order chi connectivity index (χ0) is 18.7. The van der Waals surface area contributed by atoms with Crippen LogP contribution in [0, 0.1) is 5.92 Å². The van der Waals surface area contributed by atoms with Gasteiger partial charge in [0.05, 0.1) is 23.8 Å². The van der Waals surface area contributed by atoms with Crippen molar-refractivity contribution in [1.82, 2.24) is 24.6 Å². The topological polar surface area (TPSA) is 73.1 Å². The van der Waals surface area contributed by atoms with Crippen LogP contribution < -0.4 is 0 Å². The van der Waals surface area contributed by atoms with Crippen LogP contribution >= 0.6 is 0 Å². The van der Waals surface area contributed by atoms with E-state index < -0.39 is 5.60 Å². The molecule has 140 valence electrons. The quantitative estimate of drug-likeness (QED) is 0.844. The van der Waals surface area contributed by atoms with Gasteiger partial charge in [0.1, 0.15) is 5.60 Å². The fourth-order valence-corrected chi connectivity index (χ4v) is 3.22. The van der Waals surface area contributed by atoms with Gasteiger partial charge in [-0.15, -0.1) is 0 Å². The normalized spacial score (nSPS) is 18.0. The summed E-state index contributed by atoms with van der Waals surface area (Å²) in [6.07, 6.45) is 9.94. The van der Waals surface area contributed by atoms with Crippen molar-refractivity contribution in [1.29, 1.82) is 0 Å². The molecule has 1 aliphatic heterocycles. The Morgan fingerprint density at radius 2 is 2.12 bits per heavy atom. The highest BCUT2D eigenvalue weighted by atomic mass is 16.6. The van der Waals surface area contributed by atoms with E-state index in [1.807, 2.05) is 45.1 Å². The van der Waals surface area contributed by atoms with E-state index in [0.717, 1.165) is 42.8 Å². The fraction of sp³-hybridized carbons (Fsp3) is 0.579. The van der Waals surface area contributed by atoms with Crippen molar-refractivity contribution in [3.05, 3.63) is 30.5 Å². The zero-order valence-corrected chi connectivity index (χ0v) is 16.0. The minimum absolute atomic E-state index is 0.225. The largest absolute Gasteiger partial charge is 0.444 e. The van der Waals surface area contributed by atoms with Gasteiger partial charge in [-0.3, -0.25) is 9.67 Å². The third-order valence-electron chi connectivity index (χ3n) is 4.35. The molecule has 26 heavy (non-hydrogen) atoms. The molecule has 3 heterocycles. The number of hydrogen-bond donors (Lipinski definition) is 0. The molecule has 0 radical (unpaired) electrons. The van der Waals surface area contributed by atoms with Crippen LogP contribution in [0.1, 0.15) is 39.3 Å². The molecule has 1 fully saturated rings. The fourth-order valence-electron chi connectivity index (χ4n) is 3.22. The van der Waals surface area contributed by atoms with Gasteiger partial charge in [-0.05, 0) is 46.0 Å². The van der Waals surface area contributed by atoms with Gasteiger partial charge in [-0.2, -0.15) is 5.10 Å². The van der Waals surface area contributed by atoms with Crippen LogP contribution in [0.25, 0.3) is 11.3 Å². The second-order valence-corrected chi connectivity index (χ2v) is 7.94. The van der Waals surface area contributed by atoms with Crippen LogP contribution in [0.5, 0.6) is 0 Å². The van der Waals surface area contributed by atoms with Gasteiger partial charge in [0.15, 0.2) is 0 Å². The summed E-state index contributed by atoms with van der Waals surface area (Å²) >= 11 is 0. The predicted molar refractivity (Wildman–Crippen MR) is 98.5 cm³/mol. The molecular formula is C19H27N5O2. The molecule has 7 heteroatoms. The summed E-state index contributed by atoms with van der Waals surface area (Å²) < 4.78 is 7.26. The Morgan fingerprint density at radius 3 is 2.81 bits per heavy atom. The smallest absolute Gasteiger partial charge is 0.410 e. The Labute approximate surface area is 154 Å². The standard InChI is InChI=1S/C19H27N5O2/c1-19(2,3)26-18(25)24-7-5-6-14(12-24)8-16-10-20-11-17(22-16)15-9-21-23(4)13-15/h9-11,13-14H,5-8,12H2,1-4H3. The van der Waals surface area contributed by atoms with Crippen molar-refractivity contribution in [3.8, 4) is 11.3 Å². The van der Waals surface area contributed by atoms with Crippen LogP contribution in [0.3, 0.4) is 0 Å². The van der Waals surface area contributed by atoms with Crippen molar-refractivity contribution in [2.45, 2.75) is 45.6 Å². The number of carbonyl (C=O) groups is 1. The van der Waals surface area contributed by atoms with E-state index in [2.05, 4.69) is 10.1 Å². The molecule has 1 atom stereocenters. The van der Waals surface area contributed by atoms with Crippen molar-refractivity contribution >= 4 is 6.09 Å². The third kappa shape index (κ3) is 4.80. The summed E-state index contributed by atoms with van der Waals surface area (Å²) in [5.41, 5.74) is 2.27. The Kier molecular flexibility index (Phi) is 5.25. The van der Waals surface area contributed by atoms with Crippen molar-refractivity contribution < 1.29 is 9.53 Å². The number of aryl methyl sites for hydroxylation is 1. The highest BCUT2D eigenvalue weighted by Gasteiger charge is 2.28.